The van der Waals surface area contributed by atoms with E-state index in [0.29, 0.717) is 6.54 Å². The number of pyridine rings is 1. The van der Waals surface area contributed by atoms with Gasteiger partial charge in [0.1, 0.15) is 5.65 Å². The number of imidazole rings is 1. The van der Waals surface area contributed by atoms with Gasteiger partial charge in [-0.15, -0.1) is 0 Å². The molecular formula is C15H17N3O3. The Kier molecular flexibility index (Phi) is 4.71. The highest BCUT2D eigenvalue weighted by molar-refractivity contribution is 5.91. The van der Waals surface area contributed by atoms with Gasteiger partial charge in [-0.3, -0.25) is 9.59 Å². The van der Waals surface area contributed by atoms with E-state index < -0.39 is 5.97 Å². The van der Waals surface area contributed by atoms with Crippen molar-refractivity contribution < 1.29 is 14.7 Å². The van der Waals surface area contributed by atoms with Crippen LogP contribution in [0.1, 0.15) is 19.0 Å². The van der Waals surface area contributed by atoms with Crippen LogP contribution in [0, 0.1) is 0 Å². The fourth-order valence-corrected chi connectivity index (χ4v) is 1.99. The molecule has 0 spiro atoms. The van der Waals surface area contributed by atoms with E-state index in [0.717, 1.165) is 11.3 Å². The average molecular weight is 287 g/mol. The van der Waals surface area contributed by atoms with Crippen LogP contribution in [0.4, 0.5) is 0 Å². The smallest absolute Gasteiger partial charge is 0.305 e. The molecule has 21 heavy (non-hydrogen) atoms. The third-order valence-corrected chi connectivity index (χ3v) is 3.13. The van der Waals surface area contributed by atoms with E-state index in [1.54, 1.807) is 12.3 Å². The summed E-state index contributed by atoms with van der Waals surface area (Å²) in [7, 11) is 0. The van der Waals surface area contributed by atoms with Gasteiger partial charge in [0.25, 0.3) is 0 Å². The predicted molar refractivity (Wildman–Crippen MR) is 78.7 cm³/mol. The Labute approximate surface area is 122 Å². The third kappa shape index (κ3) is 3.68. The maximum atomic E-state index is 12.0. The van der Waals surface area contributed by atoms with Gasteiger partial charge < -0.3 is 14.4 Å². The van der Waals surface area contributed by atoms with Crippen molar-refractivity contribution in [3.8, 4) is 0 Å². The van der Waals surface area contributed by atoms with Crippen LogP contribution >= 0.6 is 0 Å². The Morgan fingerprint density at radius 1 is 1.43 bits per heavy atom. The standard InChI is InChI=1S/C15H17N3O3/c1-2-17(10-8-15(20)21)14(19)7-6-12-11-16-13-5-3-4-9-18(12)13/h3-7,9,11H,2,8,10H2,1H3,(H,20,21)/b7-6+. The van der Waals surface area contributed by atoms with Crippen molar-refractivity contribution in [3.05, 3.63) is 42.4 Å². The van der Waals surface area contributed by atoms with Gasteiger partial charge >= 0.3 is 5.97 Å². The van der Waals surface area contributed by atoms with E-state index in [4.69, 9.17) is 5.11 Å². The molecular weight excluding hydrogens is 270 g/mol. The second-order valence-corrected chi connectivity index (χ2v) is 4.51. The first kappa shape index (κ1) is 14.8. The molecule has 2 heterocycles. The first-order chi connectivity index (χ1) is 10.1. The lowest BCUT2D eigenvalue weighted by atomic mass is 10.3. The molecule has 2 rings (SSSR count). The van der Waals surface area contributed by atoms with Gasteiger partial charge in [-0.2, -0.15) is 0 Å². The van der Waals surface area contributed by atoms with Crippen molar-refractivity contribution in [1.82, 2.24) is 14.3 Å². The summed E-state index contributed by atoms with van der Waals surface area (Å²) < 4.78 is 1.87. The van der Waals surface area contributed by atoms with Crippen LogP contribution in [-0.2, 0) is 9.59 Å². The van der Waals surface area contributed by atoms with Crippen molar-refractivity contribution >= 4 is 23.6 Å². The lowest BCUT2D eigenvalue weighted by molar-refractivity contribution is -0.137. The first-order valence-corrected chi connectivity index (χ1v) is 6.72. The molecule has 2 aromatic rings. The van der Waals surface area contributed by atoms with Crippen LogP contribution in [0.2, 0.25) is 0 Å². The Bertz CT molecular complexity index is 676. The summed E-state index contributed by atoms with van der Waals surface area (Å²) in [6.07, 6.45) is 6.64. The molecule has 0 aromatic carbocycles. The number of fused-ring (bicyclic) bond motifs is 1. The molecule has 0 saturated heterocycles. The largest absolute Gasteiger partial charge is 0.481 e. The van der Waals surface area contributed by atoms with Crippen molar-refractivity contribution in [1.29, 1.82) is 0 Å². The van der Waals surface area contributed by atoms with Crippen LogP contribution in [0.25, 0.3) is 11.7 Å². The maximum Gasteiger partial charge on any atom is 0.305 e. The zero-order chi connectivity index (χ0) is 15.2. The maximum absolute atomic E-state index is 12.0. The fraction of sp³-hybridized carbons (Fsp3) is 0.267. The Balaban J connectivity index is 2.08. The van der Waals surface area contributed by atoms with Gasteiger partial charge in [0, 0.05) is 25.4 Å². The molecule has 0 radical (unpaired) electrons. The molecule has 1 N–H and O–H groups in total. The normalized spacial score (nSPS) is 11.1. The second kappa shape index (κ2) is 6.69. The van der Waals surface area contributed by atoms with E-state index in [9.17, 15) is 9.59 Å². The van der Waals surface area contributed by atoms with E-state index in [2.05, 4.69) is 4.98 Å². The SMILES string of the molecule is CCN(CCC(=O)O)C(=O)/C=C/c1cnc2ccccn12. The summed E-state index contributed by atoms with van der Waals surface area (Å²) in [6, 6.07) is 5.66. The van der Waals surface area contributed by atoms with Crippen molar-refractivity contribution in [2.24, 2.45) is 0 Å². The van der Waals surface area contributed by atoms with Gasteiger partial charge in [-0.1, -0.05) is 6.07 Å². The number of likely N-dealkylation sites (N-methyl/N-ethyl adjacent to an activating group) is 1. The Hall–Kier alpha value is -2.63. The van der Waals surface area contributed by atoms with Gasteiger partial charge in [0.05, 0.1) is 18.3 Å². The summed E-state index contributed by atoms with van der Waals surface area (Å²) >= 11 is 0. The monoisotopic (exact) mass is 287 g/mol. The van der Waals surface area contributed by atoms with Crippen LogP contribution in [0.3, 0.4) is 0 Å². The zero-order valence-corrected chi connectivity index (χ0v) is 11.8. The number of carboxylic acid groups (broad SMARTS) is 1. The molecule has 0 unspecified atom stereocenters. The molecule has 1 amide bonds. The highest BCUT2D eigenvalue weighted by atomic mass is 16.4. The third-order valence-electron chi connectivity index (χ3n) is 3.13. The minimum atomic E-state index is -0.910. The minimum Gasteiger partial charge on any atom is -0.481 e. The topological polar surface area (TPSA) is 74.9 Å². The number of hydrogen-bond donors (Lipinski definition) is 1. The van der Waals surface area contributed by atoms with E-state index in [1.165, 1.54) is 11.0 Å². The molecule has 0 bridgehead atoms. The fourth-order valence-electron chi connectivity index (χ4n) is 1.99. The summed E-state index contributed by atoms with van der Waals surface area (Å²) in [5.41, 5.74) is 1.61. The number of carboxylic acids is 1. The van der Waals surface area contributed by atoms with Crippen LogP contribution in [0.5, 0.6) is 0 Å². The molecule has 0 saturated carbocycles. The number of carbonyl (C=O) groups is 2. The molecule has 6 nitrogen and oxygen atoms in total. The number of aromatic nitrogens is 2. The molecule has 0 atom stereocenters. The molecule has 110 valence electrons. The summed E-state index contributed by atoms with van der Waals surface area (Å²) in [5.74, 6) is -1.11. The number of hydrogen-bond acceptors (Lipinski definition) is 3. The van der Waals surface area contributed by atoms with Gasteiger partial charge in [0.15, 0.2) is 0 Å². The van der Waals surface area contributed by atoms with Crippen molar-refractivity contribution in [3.63, 3.8) is 0 Å². The summed E-state index contributed by atoms with van der Waals surface area (Å²) in [5, 5.41) is 8.67. The minimum absolute atomic E-state index is 0.0525. The average Bonchev–Trinajstić information content (AvgIpc) is 2.88. The van der Waals surface area contributed by atoms with Gasteiger partial charge in [-0.25, -0.2) is 4.98 Å². The first-order valence-electron chi connectivity index (χ1n) is 6.72. The molecule has 0 aliphatic carbocycles. The predicted octanol–water partition coefficient (Wildman–Crippen LogP) is 1.67. The van der Waals surface area contributed by atoms with Gasteiger partial charge in [0.2, 0.25) is 5.91 Å². The number of nitrogens with zero attached hydrogens (tertiary/aromatic N) is 3. The number of aliphatic carboxylic acids is 1. The molecule has 0 aliphatic heterocycles. The van der Waals surface area contributed by atoms with Crippen LogP contribution < -0.4 is 0 Å². The Morgan fingerprint density at radius 2 is 2.24 bits per heavy atom. The highest BCUT2D eigenvalue weighted by Crippen LogP contribution is 2.08. The lowest BCUT2D eigenvalue weighted by Crippen LogP contribution is -2.31. The zero-order valence-electron chi connectivity index (χ0n) is 11.8. The summed E-state index contributed by atoms with van der Waals surface area (Å²) in [4.78, 5) is 28.3. The summed E-state index contributed by atoms with van der Waals surface area (Å²) in [6.45, 7) is 2.51. The van der Waals surface area contributed by atoms with E-state index in [-0.39, 0.29) is 18.9 Å². The highest BCUT2D eigenvalue weighted by Gasteiger charge is 2.10. The van der Waals surface area contributed by atoms with Crippen molar-refractivity contribution in [2.75, 3.05) is 13.1 Å². The van der Waals surface area contributed by atoms with Crippen molar-refractivity contribution in [2.45, 2.75) is 13.3 Å². The molecule has 0 fully saturated rings. The molecule has 6 heteroatoms. The number of carbonyl (C=O) groups excluding carboxylic acids is 1. The second-order valence-electron chi connectivity index (χ2n) is 4.51. The molecule has 0 aliphatic rings. The van der Waals surface area contributed by atoms with Crippen LogP contribution in [-0.4, -0.2) is 44.4 Å². The number of rotatable bonds is 6. The van der Waals surface area contributed by atoms with Crippen LogP contribution in [0.15, 0.2) is 36.7 Å². The Morgan fingerprint density at radius 3 is 2.95 bits per heavy atom. The lowest BCUT2D eigenvalue weighted by Gasteiger charge is -2.17. The molecule has 2 aromatic heterocycles. The number of amides is 1. The van der Waals surface area contributed by atoms with E-state index in [1.807, 2.05) is 35.7 Å². The van der Waals surface area contributed by atoms with E-state index >= 15 is 0 Å². The quantitative estimate of drug-likeness (QED) is 0.820. The van der Waals surface area contributed by atoms with Gasteiger partial charge in [-0.05, 0) is 25.1 Å².